The molecular weight excluding hydrogens is 760 g/mol. The molecule has 1 aliphatic carbocycles. The summed E-state index contributed by atoms with van der Waals surface area (Å²) in [6.45, 7) is 13.0. The van der Waals surface area contributed by atoms with Crippen molar-refractivity contribution in [3.8, 4) is 0 Å². The molecule has 1 aromatic carbocycles. The zero-order valence-corrected chi connectivity index (χ0v) is 35.3. The Hall–Kier alpha value is -4.34. The lowest BCUT2D eigenvalue weighted by atomic mass is 9.71. The Morgan fingerprint density at radius 2 is 1.76 bits per heavy atom. The monoisotopic (exact) mass is 820 g/mol. The highest BCUT2D eigenvalue weighted by Gasteiger charge is 2.60. The van der Waals surface area contributed by atoms with Crippen LogP contribution in [0, 0.1) is 17.8 Å². The maximum atomic E-state index is 14.2. The average Bonchev–Trinajstić information content (AvgIpc) is 3.54. The number of hydrogen-bond acceptors (Lipinski definition) is 12. The van der Waals surface area contributed by atoms with Crippen LogP contribution < -0.4 is 10.6 Å². The van der Waals surface area contributed by atoms with Crippen molar-refractivity contribution in [1.82, 2.24) is 5.32 Å². The number of allylic oxidation sites excluding steroid dienone is 2. The summed E-state index contributed by atoms with van der Waals surface area (Å²) in [6.07, 6.45) is 6.94. The van der Waals surface area contributed by atoms with Gasteiger partial charge >= 0.3 is 18.0 Å². The van der Waals surface area contributed by atoms with E-state index in [4.69, 9.17) is 23.7 Å². The lowest BCUT2D eigenvalue weighted by Crippen LogP contribution is -2.58. The van der Waals surface area contributed by atoms with Crippen LogP contribution in [0.15, 0.2) is 71.4 Å². The normalized spacial score (nSPS) is 37.3. The molecule has 5 aliphatic rings. The van der Waals surface area contributed by atoms with E-state index < -0.39 is 77.2 Å². The molecule has 14 heteroatoms. The summed E-state index contributed by atoms with van der Waals surface area (Å²) >= 11 is 0. The number of carbonyl (C=O) groups excluding carboxylic acids is 4. The fraction of sp³-hybridized carbons (Fsp3) is 0.600. The Morgan fingerprint density at radius 3 is 2.46 bits per heavy atom. The van der Waals surface area contributed by atoms with Crippen LogP contribution >= 0.6 is 0 Å². The highest BCUT2D eigenvalue weighted by atomic mass is 16.7. The number of fused-ring (bicyclic) bond motifs is 2. The van der Waals surface area contributed by atoms with Crippen LogP contribution in [-0.4, -0.2) is 102 Å². The summed E-state index contributed by atoms with van der Waals surface area (Å²) in [4.78, 5) is 52.0. The van der Waals surface area contributed by atoms with Crippen LogP contribution in [0.1, 0.15) is 86.1 Å². The number of aliphatic hydroxyl groups excluding tert-OH is 1. The predicted octanol–water partition coefficient (Wildman–Crippen LogP) is 5.33. The van der Waals surface area contributed by atoms with Crippen LogP contribution in [0.3, 0.4) is 0 Å². The van der Waals surface area contributed by atoms with Crippen molar-refractivity contribution in [2.75, 3.05) is 25.6 Å². The van der Waals surface area contributed by atoms with Crippen LogP contribution in [0.2, 0.25) is 0 Å². The van der Waals surface area contributed by atoms with E-state index in [1.807, 2.05) is 32.9 Å². The number of nitrogens with one attached hydrogen (secondary N) is 2. The van der Waals surface area contributed by atoms with E-state index in [2.05, 4.69) is 22.3 Å². The van der Waals surface area contributed by atoms with E-state index in [0.717, 1.165) is 12.0 Å². The summed E-state index contributed by atoms with van der Waals surface area (Å²) < 4.78 is 36.5. The molecule has 0 radical (unpaired) electrons. The van der Waals surface area contributed by atoms with Crippen molar-refractivity contribution >= 4 is 29.6 Å². The number of benzene rings is 1. The third-order valence-corrected chi connectivity index (χ3v) is 12.7. The van der Waals surface area contributed by atoms with Crippen LogP contribution in [-0.2, 0) is 48.2 Å². The molecule has 2 amide bonds. The van der Waals surface area contributed by atoms with Crippen molar-refractivity contribution < 1.29 is 57.8 Å². The number of alkyl carbamates (subject to hydrolysis) is 1. The second-order valence-corrected chi connectivity index (χ2v) is 17.4. The number of carbonyl (C=O) groups is 4. The van der Waals surface area contributed by atoms with Gasteiger partial charge in [-0.3, -0.25) is 14.4 Å². The van der Waals surface area contributed by atoms with Gasteiger partial charge in [0.15, 0.2) is 5.79 Å². The SMILES string of the molecule is COC(=O)NCC(=O)Nc1ccc(C(C)(C)C(=O)OC2/C(C)=C/C[C@@H]3C[C@@H](C[C@]4(CC[C@H](C)[C@@H](C)O4)O3)OC(=O)[C@@H]3C=C(C)[C@@H](O)[C@H]4OC/C(=C\C=C\[C@@H]2C)[C@]43O)cc1. The Bertz CT molecular complexity index is 1890. The van der Waals surface area contributed by atoms with Crippen molar-refractivity contribution in [2.24, 2.45) is 17.8 Å². The smallest absolute Gasteiger partial charge is 0.407 e. The first-order chi connectivity index (χ1) is 27.9. The minimum Gasteiger partial charge on any atom is -0.462 e. The van der Waals surface area contributed by atoms with Gasteiger partial charge in [0.05, 0.1) is 31.3 Å². The lowest BCUT2D eigenvalue weighted by molar-refractivity contribution is -0.332. The first kappa shape index (κ1) is 44.2. The molecule has 4 N–H and O–H groups in total. The topological polar surface area (TPSA) is 188 Å². The highest BCUT2D eigenvalue weighted by Crippen LogP contribution is 2.47. The number of esters is 2. The third-order valence-electron chi connectivity index (χ3n) is 12.7. The van der Waals surface area contributed by atoms with E-state index in [1.54, 1.807) is 63.3 Å². The predicted molar refractivity (Wildman–Crippen MR) is 217 cm³/mol. The lowest BCUT2D eigenvalue weighted by Gasteiger charge is -2.49. The van der Waals surface area contributed by atoms with E-state index in [9.17, 15) is 29.4 Å². The molecule has 1 spiro atoms. The van der Waals surface area contributed by atoms with Gasteiger partial charge in [-0.2, -0.15) is 0 Å². The van der Waals surface area contributed by atoms with Gasteiger partial charge < -0.3 is 49.3 Å². The summed E-state index contributed by atoms with van der Waals surface area (Å²) in [5.74, 6) is -3.63. The number of hydrogen-bond donors (Lipinski definition) is 4. The number of ether oxygens (including phenoxy) is 6. The molecule has 2 bridgehead atoms. The Kier molecular flexibility index (Phi) is 13.3. The minimum absolute atomic E-state index is 0.00734. The molecule has 1 aromatic rings. The van der Waals surface area contributed by atoms with Gasteiger partial charge in [-0.25, -0.2) is 4.79 Å². The molecule has 3 saturated heterocycles. The number of amides is 2. The standard InChI is InChI=1S/C45H60N2O12/c1-25-18-19-44(58-29(25)5)22-34-21-33(59-44)17-12-27(3)38(57-41(51)43(6,7)30-13-15-32(16-14-30)47-36(48)23-46-42(52)54-8)26(2)10-9-11-31-24-55-39-37(49)28(4)20-35(40(50)56-34)45(31,39)53/h9-16,20,25-26,29,33-35,37-39,49,53H,17-19,21-24H2,1-8H3,(H,46,52)(H,47,48)/b10-9+,27-12+,31-11+/t25-,26-,29+,33+,34-,35-,37+,38?,39+,44-,45+/m0/s1. The fourth-order valence-electron chi connectivity index (χ4n) is 8.78. The molecule has 11 atom stereocenters. The maximum Gasteiger partial charge on any atom is 0.407 e. The summed E-state index contributed by atoms with van der Waals surface area (Å²) in [5, 5.41) is 28.5. The molecule has 0 saturated carbocycles. The van der Waals surface area contributed by atoms with E-state index >= 15 is 0 Å². The van der Waals surface area contributed by atoms with Crippen molar-refractivity contribution in [3.63, 3.8) is 0 Å². The molecule has 59 heavy (non-hydrogen) atoms. The van der Waals surface area contributed by atoms with Crippen molar-refractivity contribution in [3.05, 3.63) is 76.9 Å². The summed E-state index contributed by atoms with van der Waals surface area (Å²) in [7, 11) is 1.21. The number of rotatable bonds is 6. The Balaban J connectivity index is 1.30. The second-order valence-electron chi connectivity index (χ2n) is 17.4. The number of methoxy groups -OCH3 is 1. The van der Waals surface area contributed by atoms with Crippen molar-refractivity contribution in [1.29, 1.82) is 0 Å². The second kappa shape index (κ2) is 17.7. The Morgan fingerprint density at radius 1 is 1.03 bits per heavy atom. The molecule has 1 unspecified atom stereocenters. The largest absolute Gasteiger partial charge is 0.462 e. The van der Waals surface area contributed by atoms with Gasteiger partial charge in [-0.1, -0.05) is 56.4 Å². The molecule has 0 aromatic heterocycles. The quantitative estimate of drug-likeness (QED) is 0.165. The highest BCUT2D eigenvalue weighted by molar-refractivity contribution is 5.94. The summed E-state index contributed by atoms with van der Waals surface area (Å²) in [6, 6.07) is 6.83. The average molecular weight is 821 g/mol. The van der Waals surface area contributed by atoms with Gasteiger partial charge in [0, 0.05) is 30.9 Å². The zero-order valence-electron chi connectivity index (χ0n) is 35.3. The van der Waals surface area contributed by atoms with Crippen molar-refractivity contribution in [2.45, 2.75) is 134 Å². The molecule has 4 heterocycles. The van der Waals surface area contributed by atoms with Crippen LogP contribution in [0.4, 0.5) is 10.5 Å². The molecule has 14 nitrogen and oxygen atoms in total. The first-order valence-electron chi connectivity index (χ1n) is 20.6. The minimum atomic E-state index is -1.86. The molecule has 6 rings (SSSR count). The van der Waals surface area contributed by atoms with Gasteiger partial charge in [0.25, 0.3) is 0 Å². The number of anilines is 1. The van der Waals surface area contributed by atoms with Crippen LogP contribution in [0.5, 0.6) is 0 Å². The summed E-state index contributed by atoms with van der Waals surface area (Å²) in [5.41, 5.74) is -0.0871. The third kappa shape index (κ3) is 9.36. The van der Waals surface area contributed by atoms with Crippen LogP contribution in [0.25, 0.3) is 0 Å². The van der Waals surface area contributed by atoms with Gasteiger partial charge in [0.1, 0.15) is 42.5 Å². The van der Waals surface area contributed by atoms with E-state index in [1.165, 1.54) is 7.11 Å². The fourth-order valence-corrected chi connectivity index (χ4v) is 8.78. The first-order valence-corrected chi connectivity index (χ1v) is 20.6. The van der Waals surface area contributed by atoms with Gasteiger partial charge in [-0.05, 0) is 87.8 Å². The zero-order chi connectivity index (χ0) is 42.9. The molecular formula is C45H60N2O12. The number of aliphatic hydroxyl groups is 2. The van der Waals surface area contributed by atoms with Gasteiger partial charge in [-0.15, -0.1) is 0 Å². The molecule has 3 fully saturated rings. The van der Waals surface area contributed by atoms with Gasteiger partial charge in [0.2, 0.25) is 5.91 Å². The Labute approximate surface area is 346 Å². The molecule has 4 aliphatic heterocycles. The van der Waals surface area contributed by atoms with E-state index in [-0.39, 0.29) is 25.2 Å². The molecule has 322 valence electrons. The maximum absolute atomic E-state index is 14.2. The van der Waals surface area contributed by atoms with E-state index in [0.29, 0.717) is 54.0 Å².